The summed E-state index contributed by atoms with van der Waals surface area (Å²) in [4.78, 5) is 26.4. The molecule has 0 N–H and O–H groups in total. The molecule has 0 fully saturated rings. The van der Waals surface area contributed by atoms with E-state index in [4.69, 9.17) is 4.74 Å². The fraction of sp³-hybridized carbons (Fsp3) is 0.417. The smallest absolute Gasteiger partial charge is 0.379 e. The van der Waals surface area contributed by atoms with E-state index < -0.39 is 17.7 Å². The Hall–Kier alpha value is -1.98. The van der Waals surface area contributed by atoms with Crippen LogP contribution in [0.5, 0.6) is 5.75 Å². The highest BCUT2D eigenvalue weighted by Crippen LogP contribution is 2.23. The molecule has 1 heterocycles. The molecule has 1 aromatic heterocycles. The van der Waals surface area contributed by atoms with Crippen molar-refractivity contribution in [1.29, 1.82) is 0 Å². The zero-order valence-electron chi connectivity index (χ0n) is 10.4. The van der Waals surface area contributed by atoms with Gasteiger partial charge in [0.05, 0.1) is 18.3 Å². The number of ether oxygens (including phenoxy) is 2. The van der Waals surface area contributed by atoms with Gasteiger partial charge in [-0.3, -0.25) is 4.79 Å². The first-order chi connectivity index (χ1) is 8.47. The molecule has 0 saturated heterocycles. The fourth-order valence-corrected chi connectivity index (χ4v) is 1.26. The molecule has 0 aliphatic carbocycles. The van der Waals surface area contributed by atoms with E-state index in [0.717, 1.165) is 6.20 Å². The summed E-state index contributed by atoms with van der Waals surface area (Å²) >= 11 is 0. The number of pyridine rings is 1. The van der Waals surface area contributed by atoms with Crippen LogP contribution in [0.4, 0.5) is 4.39 Å². The second kappa shape index (κ2) is 6.09. The Morgan fingerprint density at radius 3 is 2.67 bits per heavy atom. The molecule has 0 unspecified atom stereocenters. The maximum atomic E-state index is 13.5. The van der Waals surface area contributed by atoms with Crippen LogP contribution in [0.3, 0.4) is 0 Å². The molecule has 1 rings (SSSR count). The molecule has 0 bridgehead atoms. The van der Waals surface area contributed by atoms with Crippen LogP contribution in [0.2, 0.25) is 0 Å². The summed E-state index contributed by atoms with van der Waals surface area (Å²) in [6, 6.07) is 1.22. The predicted molar refractivity (Wildman–Crippen MR) is 60.9 cm³/mol. The van der Waals surface area contributed by atoms with Crippen molar-refractivity contribution in [3.8, 4) is 5.75 Å². The second-order valence-corrected chi connectivity index (χ2v) is 3.69. The van der Waals surface area contributed by atoms with Gasteiger partial charge in [-0.1, -0.05) is 0 Å². The number of carbonyl (C=O) groups excluding carboxylic acids is 2. The Morgan fingerprint density at radius 2 is 2.11 bits per heavy atom. The number of hydrogen-bond acceptors (Lipinski definition) is 5. The van der Waals surface area contributed by atoms with Crippen molar-refractivity contribution in [2.45, 2.75) is 26.9 Å². The average molecular weight is 255 g/mol. The minimum Gasteiger partial charge on any atom is -0.485 e. The highest BCUT2D eigenvalue weighted by molar-refractivity contribution is 6.41. The molecule has 98 valence electrons. The number of Topliss-reactive ketones (excluding diaryl/α,β-unsaturated/α-hetero) is 1. The Bertz CT molecular complexity index is 459. The van der Waals surface area contributed by atoms with Gasteiger partial charge in [0.2, 0.25) is 0 Å². The molecule has 6 heteroatoms. The number of halogens is 1. The van der Waals surface area contributed by atoms with Crippen LogP contribution in [0, 0.1) is 5.95 Å². The van der Waals surface area contributed by atoms with Crippen LogP contribution in [-0.4, -0.2) is 29.4 Å². The quantitative estimate of drug-likeness (QED) is 0.347. The minimum absolute atomic E-state index is 0.0680. The number of hydrogen-bond donors (Lipinski definition) is 0. The summed E-state index contributed by atoms with van der Waals surface area (Å²) in [5, 5.41) is 0. The van der Waals surface area contributed by atoms with E-state index in [1.54, 1.807) is 20.8 Å². The van der Waals surface area contributed by atoms with Crippen LogP contribution in [0.1, 0.15) is 31.1 Å². The van der Waals surface area contributed by atoms with Crippen molar-refractivity contribution in [3.63, 3.8) is 0 Å². The lowest BCUT2D eigenvalue weighted by Crippen LogP contribution is -2.20. The zero-order valence-corrected chi connectivity index (χ0v) is 10.4. The van der Waals surface area contributed by atoms with Crippen LogP contribution < -0.4 is 4.74 Å². The molecule has 0 aliphatic heterocycles. The van der Waals surface area contributed by atoms with Gasteiger partial charge < -0.3 is 9.47 Å². The highest BCUT2D eigenvalue weighted by Gasteiger charge is 2.25. The van der Waals surface area contributed by atoms with Gasteiger partial charge in [-0.2, -0.15) is 4.39 Å². The second-order valence-electron chi connectivity index (χ2n) is 3.69. The SMILES string of the molecule is CCOC(=O)C(=O)c1ccnc(F)c1OC(C)C. The summed E-state index contributed by atoms with van der Waals surface area (Å²) in [5.74, 6) is -3.25. The topological polar surface area (TPSA) is 65.5 Å². The van der Waals surface area contributed by atoms with E-state index in [2.05, 4.69) is 9.72 Å². The molecular weight excluding hydrogens is 241 g/mol. The molecule has 1 aromatic rings. The summed E-state index contributed by atoms with van der Waals surface area (Å²) in [5.41, 5.74) is -0.186. The molecule has 5 nitrogen and oxygen atoms in total. The Morgan fingerprint density at radius 1 is 1.44 bits per heavy atom. The van der Waals surface area contributed by atoms with E-state index in [1.165, 1.54) is 6.07 Å². The Labute approximate surface area is 104 Å². The lowest BCUT2D eigenvalue weighted by molar-refractivity contribution is -0.137. The third kappa shape index (κ3) is 3.26. The number of rotatable bonds is 5. The van der Waals surface area contributed by atoms with Gasteiger partial charge in [0.15, 0.2) is 5.75 Å². The molecule has 18 heavy (non-hydrogen) atoms. The maximum Gasteiger partial charge on any atom is 0.379 e. The van der Waals surface area contributed by atoms with Gasteiger partial charge >= 0.3 is 5.97 Å². The van der Waals surface area contributed by atoms with Crippen molar-refractivity contribution in [3.05, 3.63) is 23.8 Å². The van der Waals surface area contributed by atoms with Gasteiger partial charge in [-0.15, -0.1) is 0 Å². The van der Waals surface area contributed by atoms with Crippen molar-refractivity contribution in [1.82, 2.24) is 4.98 Å². The maximum absolute atomic E-state index is 13.5. The number of nitrogens with zero attached hydrogens (tertiary/aromatic N) is 1. The zero-order chi connectivity index (χ0) is 13.7. The van der Waals surface area contributed by atoms with Gasteiger partial charge in [-0.25, -0.2) is 9.78 Å². The highest BCUT2D eigenvalue weighted by atomic mass is 19.1. The molecule has 0 aromatic carbocycles. The van der Waals surface area contributed by atoms with Gasteiger partial charge in [0.25, 0.3) is 11.7 Å². The van der Waals surface area contributed by atoms with Crippen molar-refractivity contribution in [2.75, 3.05) is 6.61 Å². The van der Waals surface area contributed by atoms with Gasteiger partial charge in [0, 0.05) is 6.20 Å². The van der Waals surface area contributed by atoms with Crippen molar-refractivity contribution < 1.29 is 23.5 Å². The normalized spacial score (nSPS) is 10.3. The van der Waals surface area contributed by atoms with E-state index in [1.807, 2.05) is 0 Å². The van der Waals surface area contributed by atoms with Crippen LogP contribution in [-0.2, 0) is 9.53 Å². The number of carbonyl (C=O) groups is 2. The largest absolute Gasteiger partial charge is 0.485 e. The van der Waals surface area contributed by atoms with E-state index in [0.29, 0.717) is 0 Å². The van der Waals surface area contributed by atoms with Crippen molar-refractivity contribution >= 4 is 11.8 Å². The van der Waals surface area contributed by atoms with E-state index in [9.17, 15) is 14.0 Å². The molecular formula is C12H14FNO4. The summed E-state index contributed by atoms with van der Waals surface area (Å²) < 4.78 is 23.2. The third-order valence-electron chi connectivity index (χ3n) is 1.92. The lowest BCUT2D eigenvalue weighted by Gasteiger charge is -2.13. The first-order valence-electron chi connectivity index (χ1n) is 5.50. The monoisotopic (exact) mass is 255 g/mol. The van der Waals surface area contributed by atoms with Crippen LogP contribution in [0.25, 0.3) is 0 Å². The Balaban J connectivity index is 3.11. The molecule has 0 atom stereocenters. The lowest BCUT2D eigenvalue weighted by atomic mass is 10.1. The average Bonchev–Trinajstić information content (AvgIpc) is 2.30. The molecule has 0 aliphatic rings. The molecule has 0 saturated carbocycles. The van der Waals surface area contributed by atoms with Crippen LogP contribution >= 0.6 is 0 Å². The molecule has 0 radical (unpaired) electrons. The standard InChI is InChI=1S/C12H14FNO4/c1-4-17-12(16)9(15)8-5-6-14-11(13)10(8)18-7(2)3/h5-7H,4H2,1-3H3. The molecule has 0 amide bonds. The summed E-state index contributed by atoms with van der Waals surface area (Å²) in [7, 11) is 0. The first kappa shape index (κ1) is 14.1. The third-order valence-corrected chi connectivity index (χ3v) is 1.92. The van der Waals surface area contributed by atoms with Crippen LogP contribution in [0.15, 0.2) is 12.3 Å². The fourth-order valence-electron chi connectivity index (χ4n) is 1.26. The number of ketones is 1. The molecule has 0 spiro atoms. The summed E-state index contributed by atoms with van der Waals surface area (Å²) in [6.45, 7) is 4.98. The van der Waals surface area contributed by atoms with Gasteiger partial charge in [-0.05, 0) is 26.8 Å². The summed E-state index contributed by atoms with van der Waals surface area (Å²) in [6.07, 6.45) is 0.743. The first-order valence-corrected chi connectivity index (χ1v) is 5.50. The van der Waals surface area contributed by atoms with Gasteiger partial charge in [0.1, 0.15) is 0 Å². The van der Waals surface area contributed by atoms with E-state index in [-0.39, 0.29) is 24.0 Å². The van der Waals surface area contributed by atoms with Crippen molar-refractivity contribution in [2.24, 2.45) is 0 Å². The minimum atomic E-state index is -1.04. The number of aromatic nitrogens is 1. The predicted octanol–water partition coefficient (Wildman–Crippen LogP) is 1.75. The van der Waals surface area contributed by atoms with E-state index >= 15 is 0 Å². The Kier molecular flexibility index (Phi) is 4.76. The number of esters is 1.